The van der Waals surface area contributed by atoms with Crippen molar-refractivity contribution in [3.8, 4) is 0 Å². The number of hydrogen-bond donors (Lipinski definition) is 1. The van der Waals surface area contributed by atoms with Crippen molar-refractivity contribution < 1.29 is 0 Å². The van der Waals surface area contributed by atoms with Gasteiger partial charge in [-0.25, -0.2) is 0 Å². The number of benzene rings is 1. The van der Waals surface area contributed by atoms with Gasteiger partial charge in [-0.05, 0) is 49.7 Å². The van der Waals surface area contributed by atoms with E-state index in [1.54, 1.807) is 0 Å². The molecule has 0 aliphatic rings. The Morgan fingerprint density at radius 3 is 2.70 bits per heavy atom. The topological polar surface area (TPSA) is 42.2 Å². The summed E-state index contributed by atoms with van der Waals surface area (Å²) in [4.78, 5) is 6.70. The summed E-state index contributed by atoms with van der Waals surface area (Å²) >= 11 is 3.63. The van der Waals surface area contributed by atoms with E-state index >= 15 is 0 Å². The van der Waals surface area contributed by atoms with Crippen molar-refractivity contribution >= 4 is 21.6 Å². The fraction of sp³-hybridized carbons (Fsp3) is 0.312. The fourth-order valence-electron chi connectivity index (χ4n) is 2.16. The van der Waals surface area contributed by atoms with Crippen LogP contribution in [0, 0.1) is 0 Å². The average molecular weight is 334 g/mol. The lowest BCUT2D eigenvalue weighted by Gasteiger charge is -2.23. The van der Waals surface area contributed by atoms with E-state index in [2.05, 4.69) is 57.0 Å². The molecule has 0 saturated carbocycles. The van der Waals surface area contributed by atoms with Gasteiger partial charge in [-0.1, -0.05) is 28.1 Å². The van der Waals surface area contributed by atoms with E-state index in [0.29, 0.717) is 6.54 Å². The Hall–Kier alpha value is -1.39. The number of rotatable bonds is 6. The van der Waals surface area contributed by atoms with Crippen LogP contribution in [0.2, 0.25) is 0 Å². The standard InChI is InChI=1S/C16H20BrN3/c1-2-20(12-14-5-3-4-10-19-14)15-7-6-13(8-9-18)16(17)11-15/h3-7,10-11H,2,8-9,12,18H2,1H3. The van der Waals surface area contributed by atoms with Gasteiger partial charge in [0.1, 0.15) is 0 Å². The molecular weight excluding hydrogens is 314 g/mol. The quantitative estimate of drug-likeness (QED) is 0.881. The minimum atomic E-state index is 0.670. The van der Waals surface area contributed by atoms with Crippen LogP contribution in [0.15, 0.2) is 47.1 Å². The first-order valence-electron chi connectivity index (χ1n) is 6.88. The lowest BCUT2D eigenvalue weighted by atomic mass is 10.1. The fourth-order valence-corrected chi connectivity index (χ4v) is 2.73. The molecule has 1 aromatic carbocycles. The van der Waals surface area contributed by atoms with Gasteiger partial charge in [-0.2, -0.15) is 0 Å². The largest absolute Gasteiger partial charge is 0.366 e. The van der Waals surface area contributed by atoms with Crippen molar-refractivity contribution in [3.05, 3.63) is 58.3 Å². The third kappa shape index (κ3) is 3.81. The van der Waals surface area contributed by atoms with Crippen LogP contribution in [0.5, 0.6) is 0 Å². The Balaban J connectivity index is 2.17. The molecule has 0 unspecified atom stereocenters. The first kappa shape index (κ1) is 15.0. The maximum absolute atomic E-state index is 5.62. The number of hydrogen-bond acceptors (Lipinski definition) is 3. The van der Waals surface area contributed by atoms with Gasteiger partial charge in [0.2, 0.25) is 0 Å². The predicted molar refractivity (Wildman–Crippen MR) is 87.9 cm³/mol. The second-order valence-electron chi connectivity index (χ2n) is 4.65. The normalized spacial score (nSPS) is 10.6. The highest BCUT2D eigenvalue weighted by Gasteiger charge is 2.08. The van der Waals surface area contributed by atoms with Crippen molar-refractivity contribution in [2.45, 2.75) is 19.9 Å². The van der Waals surface area contributed by atoms with Gasteiger partial charge in [-0.15, -0.1) is 0 Å². The van der Waals surface area contributed by atoms with Gasteiger partial charge in [0.25, 0.3) is 0 Å². The Bertz CT molecular complexity index is 543. The maximum atomic E-state index is 5.62. The van der Waals surface area contributed by atoms with Gasteiger partial charge < -0.3 is 10.6 Å². The Kier molecular flexibility index (Phi) is 5.56. The summed E-state index contributed by atoms with van der Waals surface area (Å²) in [6.07, 6.45) is 2.73. The van der Waals surface area contributed by atoms with E-state index < -0.39 is 0 Å². The molecule has 0 amide bonds. The van der Waals surface area contributed by atoms with E-state index in [4.69, 9.17) is 5.73 Å². The molecule has 2 N–H and O–H groups in total. The number of halogens is 1. The molecule has 2 rings (SSSR count). The van der Waals surface area contributed by atoms with Crippen LogP contribution in [0.3, 0.4) is 0 Å². The lowest BCUT2D eigenvalue weighted by Crippen LogP contribution is -2.22. The van der Waals surface area contributed by atoms with Crippen molar-refractivity contribution in [3.63, 3.8) is 0 Å². The third-order valence-electron chi connectivity index (χ3n) is 3.28. The Labute approximate surface area is 129 Å². The molecule has 2 aromatic rings. The second-order valence-corrected chi connectivity index (χ2v) is 5.50. The lowest BCUT2D eigenvalue weighted by molar-refractivity contribution is 0.808. The molecular formula is C16H20BrN3. The zero-order valence-electron chi connectivity index (χ0n) is 11.7. The minimum absolute atomic E-state index is 0.670. The van der Waals surface area contributed by atoms with E-state index in [0.717, 1.165) is 29.7 Å². The predicted octanol–water partition coefficient (Wildman–Crippen LogP) is 3.37. The monoisotopic (exact) mass is 333 g/mol. The Morgan fingerprint density at radius 1 is 1.25 bits per heavy atom. The van der Waals surface area contributed by atoms with E-state index in [-0.39, 0.29) is 0 Å². The molecule has 0 radical (unpaired) electrons. The molecule has 1 aromatic heterocycles. The van der Waals surface area contributed by atoms with E-state index in [1.165, 1.54) is 11.3 Å². The highest BCUT2D eigenvalue weighted by Crippen LogP contribution is 2.25. The second kappa shape index (κ2) is 7.41. The maximum Gasteiger partial charge on any atom is 0.0601 e. The van der Waals surface area contributed by atoms with Crippen LogP contribution in [0.25, 0.3) is 0 Å². The number of aromatic nitrogens is 1. The van der Waals surface area contributed by atoms with Crippen LogP contribution in [-0.4, -0.2) is 18.1 Å². The molecule has 0 atom stereocenters. The molecule has 0 aliphatic carbocycles. The molecule has 1 heterocycles. The summed E-state index contributed by atoms with van der Waals surface area (Å²) in [6.45, 7) is 4.59. The molecule has 0 spiro atoms. The molecule has 0 saturated heterocycles. The smallest absolute Gasteiger partial charge is 0.0601 e. The molecule has 0 aliphatic heterocycles. The zero-order valence-corrected chi connectivity index (χ0v) is 13.3. The number of nitrogens with two attached hydrogens (primary N) is 1. The number of pyridine rings is 1. The highest BCUT2D eigenvalue weighted by molar-refractivity contribution is 9.10. The van der Waals surface area contributed by atoms with Crippen molar-refractivity contribution in [2.75, 3.05) is 18.0 Å². The summed E-state index contributed by atoms with van der Waals surface area (Å²) in [5.74, 6) is 0. The summed E-state index contributed by atoms with van der Waals surface area (Å²) < 4.78 is 1.12. The van der Waals surface area contributed by atoms with Crippen molar-refractivity contribution in [1.29, 1.82) is 0 Å². The van der Waals surface area contributed by atoms with Crippen LogP contribution >= 0.6 is 15.9 Å². The number of anilines is 1. The van der Waals surface area contributed by atoms with E-state index in [9.17, 15) is 0 Å². The van der Waals surface area contributed by atoms with Crippen LogP contribution in [0.1, 0.15) is 18.2 Å². The van der Waals surface area contributed by atoms with Crippen molar-refractivity contribution in [1.82, 2.24) is 4.98 Å². The highest BCUT2D eigenvalue weighted by atomic mass is 79.9. The molecule has 0 fully saturated rings. The molecule has 4 heteroatoms. The van der Waals surface area contributed by atoms with Crippen molar-refractivity contribution in [2.24, 2.45) is 5.73 Å². The first-order chi connectivity index (χ1) is 9.74. The van der Waals surface area contributed by atoms with Crippen LogP contribution in [-0.2, 0) is 13.0 Å². The summed E-state index contributed by atoms with van der Waals surface area (Å²) in [6, 6.07) is 12.5. The van der Waals surface area contributed by atoms with Gasteiger partial charge >= 0.3 is 0 Å². The van der Waals surface area contributed by atoms with Gasteiger partial charge in [0.15, 0.2) is 0 Å². The molecule has 3 nitrogen and oxygen atoms in total. The average Bonchev–Trinajstić information content (AvgIpc) is 2.48. The van der Waals surface area contributed by atoms with Crippen LogP contribution in [0.4, 0.5) is 5.69 Å². The molecule has 0 bridgehead atoms. The van der Waals surface area contributed by atoms with Gasteiger partial charge in [0, 0.05) is 22.9 Å². The van der Waals surface area contributed by atoms with E-state index in [1.807, 2.05) is 18.3 Å². The number of nitrogens with zero attached hydrogens (tertiary/aromatic N) is 2. The first-order valence-corrected chi connectivity index (χ1v) is 7.67. The van der Waals surface area contributed by atoms with Gasteiger partial charge in [-0.3, -0.25) is 4.98 Å². The summed E-state index contributed by atoms with van der Waals surface area (Å²) in [5.41, 5.74) is 9.15. The SMILES string of the molecule is CCN(Cc1ccccn1)c1ccc(CCN)c(Br)c1. The Morgan fingerprint density at radius 2 is 2.10 bits per heavy atom. The molecule has 20 heavy (non-hydrogen) atoms. The minimum Gasteiger partial charge on any atom is -0.366 e. The van der Waals surface area contributed by atoms with Gasteiger partial charge in [0.05, 0.1) is 12.2 Å². The van der Waals surface area contributed by atoms with Crippen LogP contribution < -0.4 is 10.6 Å². The zero-order chi connectivity index (χ0) is 14.4. The summed E-state index contributed by atoms with van der Waals surface area (Å²) in [7, 11) is 0. The molecule has 106 valence electrons. The third-order valence-corrected chi connectivity index (χ3v) is 4.01. The summed E-state index contributed by atoms with van der Waals surface area (Å²) in [5, 5.41) is 0.